The van der Waals surface area contributed by atoms with Crippen molar-refractivity contribution in [1.82, 2.24) is 9.97 Å². The molecule has 0 aliphatic rings. The average Bonchev–Trinajstić information content (AvgIpc) is 2.85. The second-order valence-corrected chi connectivity index (χ2v) is 4.97. The molecule has 3 aromatic rings. The number of rotatable bonds is 2. The number of hydrogen-bond acceptors (Lipinski definition) is 2. The minimum Gasteiger partial charge on any atom is -0.338 e. The van der Waals surface area contributed by atoms with Gasteiger partial charge in [-0.05, 0) is 42.3 Å². The molecule has 0 amide bonds. The summed E-state index contributed by atoms with van der Waals surface area (Å²) in [5.74, 6) is 0.843. The van der Waals surface area contributed by atoms with E-state index in [2.05, 4.69) is 9.97 Å². The highest BCUT2D eigenvalue weighted by atomic mass is 35.5. The molecule has 3 N–H and O–H groups in total. The van der Waals surface area contributed by atoms with Gasteiger partial charge in [0.25, 0.3) is 0 Å². The molecule has 96 valence electrons. The molecule has 0 fully saturated rings. The number of halogens is 1. The van der Waals surface area contributed by atoms with Crippen LogP contribution in [-0.4, -0.2) is 9.97 Å². The van der Waals surface area contributed by atoms with E-state index in [1.807, 2.05) is 43.3 Å². The third-order valence-corrected chi connectivity index (χ3v) is 3.67. The number of aromatic amines is 1. The van der Waals surface area contributed by atoms with Gasteiger partial charge in [0.15, 0.2) is 0 Å². The predicted octanol–water partition coefficient (Wildman–Crippen LogP) is 3.65. The molecule has 3 rings (SSSR count). The Labute approximate surface area is 116 Å². The zero-order chi connectivity index (χ0) is 13.4. The summed E-state index contributed by atoms with van der Waals surface area (Å²) >= 11 is 6.05. The highest BCUT2D eigenvalue weighted by Gasteiger charge is 2.08. The molecular weight excluding hydrogens is 258 g/mol. The number of benzene rings is 2. The number of para-hydroxylation sites is 1. The Hall–Kier alpha value is -1.84. The maximum atomic E-state index is 6.05. The smallest absolute Gasteiger partial charge is 0.138 e. The molecule has 19 heavy (non-hydrogen) atoms. The third-order valence-electron chi connectivity index (χ3n) is 3.25. The van der Waals surface area contributed by atoms with E-state index >= 15 is 0 Å². The van der Waals surface area contributed by atoms with Crippen LogP contribution >= 0.6 is 11.6 Å². The van der Waals surface area contributed by atoms with Crippen LogP contribution in [0.5, 0.6) is 0 Å². The van der Waals surface area contributed by atoms with Gasteiger partial charge in [-0.15, -0.1) is 0 Å². The largest absolute Gasteiger partial charge is 0.338 e. The molecule has 4 heteroatoms. The van der Waals surface area contributed by atoms with Crippen molar-refractivity contribution in [3.05, 3.63) is 52.5 Å². The summed E-state index contributed by atoms with van der Waals surface area (Å²) in [6.07, 6.45) is 0. The summed E-state index contributed by atoms with van der Waals surface area (Å²) in [6.45, 7) is 2.47. The third kappa shape index (κ3) is 2.11. The van der Waals surface area contributed by atoms with Crippen LogP contribution in [0.25, 0.3) is 22.4 Å². The highest BCUT2D eigenvalue weighted by Crippen LogP contribution is 2.25. The highest BCUT2D eigenvalue weighted by molar-refractivity contribution is 6.31. The summed E-state index contributed by atoms with van der Waals surface area (Å²) in [7, 11) is 0. The second-order valence-electron chi connectivity index (χ2n) is 4.57. The fourth-order valence-electron chi connectivity index (χ4n) is 2.18. The maximum absolute atomic E-state index is 6.05. The maximum Gasteiger partial charge on any atom is 0.138 e. The fraction of sp³-hybridized carbons (Fsp3) is 0.133. The molecular formula is C15H14ClN3. The van der Waals surface area contributed by atoms with Crippen LogP contribution in [0, 0.1) is 6.92 Å². The number of H-pyrrole nitrogens is 1. The number of aromatic nitrogens is 2. The molecule has 0 bridgehead atoms. The van der Waals surface area contributed by atoms with Crippen LogP contribution < -0.4 is 5.73 Å². The van der Waals surface area contributed by atoms with Gasteiger partial charge in [0, 0.05) is 17.1 Å². The van der Waals surface area contributed by atoms with E-state index in [1.54, 1.807) is 0 Å². The van der Waals surface area contributed by atoms with Gasteiger partial charge in [0.2, 0.25) is 0 Å². The van der Waals surface area contributed by atoms with Gasteiger partial charge in [-0.25, -0.2) is 4.98 Å². The molecule has 2 aromatic carbocycles. The monoisotopic (exact) mass is 271 g/mol. The number of imidazole rings is 1. The lowest BCUT2D eigenvalue weighted by Gasteiger charge is -2.00. The standard InChI is InChI=1S/C15H14ClN3/c1-9-7-10(5-6-12(9)16)15-18-13-4-2-3-11(8-17)14(13)19-15/h2-7H,8,17H2,1H3,(H,18,19). The summed E-state index contributed by atoms with van der Waals surface area (Å²) < 4.78 is 0. The normalized spacial score (nSPS) is 11.1. The van der Waals surface area contributed by atoms with E-state index in [-0.39, 0.29) is 0 Å². The number of aryl methyl sites for hydroxylation is 1. The SMILES string of the molecule is Cc1cc(-c2nc3c(CN)cccc3[nH]2)ccc1Cl. The first-order valence-electron chi connectivity index (χ1n) is 6.13. The Morgan fingerprint density at radius 1 is 1.26 bits per heavy atom. The van der Waals surface area contributed by atoms with Gasteiger partial charge in [-0.1, -0.05) is 23.7 Å². The summed E-state index contributed by atoms with van der Waals surface area (Å²) in [4.78, 5) is 7.97. The molecule has 0 spiro atoms. The molecule has 1 heterocycles. The fourth-order valence-corrected chi connectivity index (χ4v) is 2.30. The quantitative estimate of drug-likeness (QED) is 0.747. The molecule has 0 saturated heterocycles. The Balaban J connectivity index is 2.17. The molecule has 1 aromatic heterocycles. The van der Waals surface area contributed by atoms with E-state index < -0.39 is 0 Å². The Morgan fingerprint density at radius 3 is 2.84 bits per heavy atom. The molecule has 0 saturated carbocycles. The van der Waals surface area contributed by atoms with E-state index in [0.717, 1.165) is 38.6 Å². The first kappa shape index (κ1) is 12.2. The van der Waals surface area contributed by atoms with Crippen molar-refractivity contribution in [2.24, 2.45) is 5.73 Å². The second kappa shape index (κ2) is 4.68. The van der Waals surface area contributed by atoms with Crippen molar-refractivity contribution in [2.75, 3.05) is 0 Å². The first-order chi connectivity index (χ1) is 9.19. The van der Waals surface area contributed by atoms with Crippen LogP contribution in [-0.2, 0) is 6.54 Å². The van der Waals surface area contributed by atoms with Crippen LogP contribution in [0.1, 0.15) is 11.1 Å². The number of hydrogen-bond donors (Lipinski definition) is 2. The first-order valence-corrected chi connectivity index (χ1v) is 6.51. The van der Waals surface area contributed by atoms with E-state index in [1.165, 1.54) is 0 Å². The van der Waals surface area contributed by atoms with Gasteiger partial charge in [0.05, 0.1) is 11.0 Å². The topological polar surface area (TPSA) is 54.7 Å². The van der Waals surface area contributed by atoms with Crippen LogP contribution in [0.4, 0.5) is 0 Å². The number of nitrogens with one attached hydrogen (secondary N) is 1. The van der Waals surface area contributed by atoms with Crippen molar-refractivity contribution < 1.29 is 0 Å². The van der Waals surface area contributed by atoms with Gasteiger partial charge in [-0.3, -0.25) is 0 Å². The zero-order valence-corrected chi connectivity index (χ0v) is 11.3. The molecule has 0 atom stereocenters. The van der Waals surface area contributed by atoms with Crippen molar-refractivity contribution in [3.8, 4) is 11.4 Å². The van der Waals surface area contributed by atoms with Gasteiger partial charge < -0.3 is 10.7 Å². The number of fused-ring (bicyclic) bond motifs is 1. The number of nitrogens with zero attached hydrogens (tertiary/aromatic N) is 1. The summed E-state index contributed by atoms with van der Waals surface area (Å²) in [5, 5.41) is 0.766. The Bertz CT molecular complexity index is 746. The van der Waals surface area contributed by atoms with Gasteiger partial charge in [-0.2, -0.15) is 0 Å². The lowest BCUT2D eigenvalue weighted by molar-refractivity contribution is 1.08. The van der Waals surface area contributed by atoms with Crippen LogP contribution in [0.15, 0.2) is 36.4 Å². The van der Waals surface area contributed by atoms with Crippen molar-refractivity contribution in [2.45, 2.75) is 13.5 Å². The molecule has 0 aliphatic carbocycles. The van der Waals surface area contributed by atoms with Gasteiger partial charge >= 0.3 is 0 Å². The summed E-state index contributed by atoms with van der Waals surface area (Å²) in [6, 6.07) is 11.9. The lowest BCUT2D eigenvalue weighted by Crippen LogP contribution is -1.96. The van der Waals surface area contributed by atoms with Crippen molar-refractivity contribution >= 4 is 22.6 Å². The predicted molar refractivity (Wildman–Crippen MR) is 79.2 cm³/mol. The molecule has 3 nitrogen and oxygen atoms in total. The molecule has 0 radical (unpaired) electrons. The van der Waals surface area contributed by atoms with Crippen LogP contribution in [0.2, 0.25) is 5.02 Å². The van der Waals surface area contributed by atoms with Crippen LogP contribution in [0.3, 0.4) is 0 Å². The minimum absolute atomic E-state index is 0.487. The van der Waals surface area contributed by atoms with E-state index in [0.29, 0.717) is 6.54 Å². The van der Waals surface area contributed by atoms with Crippen molar-refractivity contribution in [3.63, 3.8) is 0 Å². The Morgan fingerprint density at radius 2 is 2.11 bits per heavy atom. The van der Waals surface area contributed by atoms with Gasteiger partial charge in [0.1, 0.15) is 5.82 Å². The minimum atomic E-state index is 0.487. The van der Waals surface area contributed by atoms with E-state index in [4.69, 9.17) is 17.3 Å². The Kier molecular flexibility index (Phi) is 3.01. The molecule has 0 aliphatic heterocycles. The number of nitrogens with two attached hydrogens (primary N) is 1. The van der Waals surface area contributed by atoms with Crippen molar-refractivity contribution in [1.29, 1.82) is 0 Å². The average molecular weight is 272 g/mol. The lowest BCUT2D eigenvalue weighted by atomic mass is 10.1. The summed E-state index contributed by atoms with van der Waals surface area (Å²) in [5.41, 5.74) is 10.8. The van der Waals surface area contributed by atoms with E-state index in [9.17, 15) is 0 Å². The zero-order valence-electron chi connectivity index (χ0n) is 10.6. The molecule has 0 unspecified atom stereocenters.